The maximum Gasteiger partial charge on any atom is 0.328 e. The predicted octanol–water partition coefficient (Wildman–Crippen LogP) is 6.03. The smallest absolute Gasteiger partial charge is 0.328 e. The summed E-state index contributed by atoms with van der Waals surface area (Å²) in [4.78, 5) is 68.0. The summed E-state index contributed by atoms with van der Waals surface area (Å²) in [5, 5.41) is 0. The second kappa shape index (κ2) is 18.4. The second-order valence-corrected chi connectivity index (χ2v) is 12.8. The van der Waals surface area contributed by atoms with E-state index in [1.54, 1.807) is 4.90 Å². The minimum Gasteiger partial charge on any atom is -0.467 e. The number of esters is 1. The van der Waals surface area contributed by atoms with E-state index in [1.807, 2.05) is 65.6 Å². The molecule has 2 aliphatic rings. The summed E-state index contributed by atoms with van der Waals surface area (Å²) < 4.78 is 5.15. The zero-order valence-electron chi connectivity index (χ0n) is 27.4. The van der Waals surface area contributed by atoms with E-state index >= 15 is 0 Å². The highest BCUT2D eigenvalue weighted by atomic mass is 16.5. The molecule has 8 nitrogen and oxygen atoms in total. The van der Waals surface area contributed by atoms with Crippen LogP contribution in [0.15, 0.2) is 60.7 Å². The number of amides is 2. The maximum atomic E-state index is 13.1. The third-order valence-electron chi connectivity index (χ3n) is 9.49. The Bertz CT molecular complexity index is 1300. The number of Topliss-reactive ketones (excluding diaryl/α,β-unsaturated/α-hetero) is 2. The third kappa shape index (κ3) is 10.6. The van der Waals surface area contributed by atoms with Crippen LogP contribution in [0.4, 0.5) is 0 Å². The van der Waals surface area contributed by atoms with Crippen LogP contribution < -0.4 is 0 Å². The van der Waals surface area contributed by atoms with Gasteiger partial charge in [-0.3, -0.25) is 19.2 Å². The summed E-state index contributed by atoms with van der Waals surface area (Å²) in [6, 6.07) is 18.7. The van der Waals surface area contributed by atoms with Crippen LogP contribution in [0.1, 0.15) is 101 Å². The van der Waals surface area contributed by atoms with Crippen LogP contribution in [0.25, 0.3) is 0 Å². The van der Waals surface area contributed by atoms with Gasteiger partial charge in [-0.15, -0.1) is 0 Å². The summed E-state index contributed by atoms with van der Waals surface area (Å²) >= 11 is 0. The van der Waals surface area contributed by atoms with E-state index in [9.17, 15) is 24.0 Å². The standard InChI is InChI=1S/C38H50N2O6/c1-46-38(45)35(40-32(18-12-21-37(40)44)23-25-34(42)28-30-15-7-3-8-16-30)19-9-4-10-26-39-31(17-11-20-36(39)43)22-24-33(41)27-29-13-5-2-6-14-29/h2-3,5-8,13-16,31-32,35H,4,9-12,17-28H2,1H3. The number of likely N-dealkylation sites (tertiary alicyclic amines) is 2. The number of carbonyl (C=O) groups is 5. The highest BCUT2D eigenvalue weighted by Crippen LogP contribution is 2.28. The van der Waals surface area contributed by atoms with Gasteiger partial charge in [-0.05, 0) is 62.5 Å². The van der Waals surface area contributed by atoms with E-state index in [-0.39, 0.29) is 35.5 Å². The molecule has 0 radical (unpaired) electrons. The van der Waals surface area contributed by atoms with Crippen molar-refractivity contribution in [1.29, 1.82) is 0 Å². The van der Waals surface area contributed by atoms with Gasteiger partial charge < -0.3 is 14.5 Å². The molecular weight excluding hydrogens is 580 g/mol. The van der Waals surface area contributed by atoms with E-state index < -0.39 is 12.0 Å². The van der Waals surface area contributed by atoms with E-state index in [0.717, 1.165) is 49.7 Å². The van der Waals surface area contributed by atoms with Gasteiger partial charge in [0.15, 0.2) is 0 Å². The molecule has 248 valence electrons. The van der Waals surface area contributed by atoms with E-state index in [0.29, 0.717) is 70.8 Å². The maximum absolute atomic E-state index is 13.1. The number of hydrogen-bond donors (Lipinski definition) is 0. The van der Waals surface area contributed by atoms with Crippen molar-refractivity contribution in [3.63, 3.8) is 0 Å². The van der Waals surface area contributed by atoms with Crippen molar-refractivity contribution in [1.82, 2.24) is 9.80 Å². The minimum absolute atomic E-state index is 0.0503. The largest absolute Gasteiger partial charge is 0.467 e. The highest BCUT2D eigenvalue weighted by Gasteiger charge is 2.37. The first-order valence-electron chi connectivity index (χ1n) is 17.2. The lowest BCUT2D eigenvalue weighted by Gasteiger charge is -2.40. The van der Waals surface area contributed by atoms with Crippen LogP contribution in [-0.2, 0) is 41.6 Å². The van der Waals surface area contributed by atoms with Crippen molar-refractivity contribution in [2.45, 2.75) is 121 Å². The topological polar surface area (TPSA) is 101 Å². The van der Waals surface area contributed by atoms with E-state index in [4.69, 9.17) is 4.74 Å². The summed E-state index contributed by atoms with van der Waals surface area (Å²) in [5.41, 5.74) is 1.99. The number of carbonyl (C=O) groups excluding carboxylic acids is 5. The summed E-state index contributed by atoms with van der Waals surface area (Å²) in [6.45, 7) is 0.633. The molecule has 8 heteroatoms. The number of unbranched alkanes of at least 4 members (excludes halogenated alkanes) is 2. The molecule has 3 unspecified atom stereocenters. The van der Waals surface area contributed by atoms with Crippen LogP contribution >= 0.6 is 0 Å². The van der Waals surface area contributed by atoms with Crippen LogP contribution in [0.5, 0.6) is 0 Å². The number of hydrogen-bond acceptors (Lipinski definition) is 6. The van der Waals surface area contributed by atoms with Crippen molar-refractivity contribution < 1.29 is 28.7 Å². The van der Waals surface area contributed by atoms with Gasteiger partial charge in [0, 0.05) is 57.2 Å². The minimum atomic E-state index is -0.674. The fraction of sp³-hybridized carbons (Fsp3) is 0.553. The Labute approximate surface area is 273 Å². The number of piperidine rings is 2. The number of nitrogens with zero attached hydrogens (tertiary/aromatic N) is 2. The van der Waals surface area contributed by atoms with Gasteiger partial charge in [0.05, 0.1) is 7.11 Å². The first-order valence-corrected chi connectivity index (χ1v) is 17.2. The monoisotopic (exact) mass is 630 g/mol. The molecule has 2 fully saturated rings. The van der Waals surface area contributed by atoms with Crippen molar-refractivity contribution in [3.8, 4) is 0 Å². The first kappa shape index (κ1) is 35.1. The number of ether oxygens (including phenoxy) is 1. The Hall–Kier alpha value is -3.81. The molecule has 2 aromatic carbocycles. The molecule has 2 aliphatic heterocycles. The van der Waals surface area contributed by atoms with Gasteiger partial charge in [-0.25, -0.2) is 4.79 Å². The average molecular weight is 631 g/mol. The Morgan fingerprint density at radius 1 is 0.739 bits per heavy atom. The van der Waals surface area contributed by atoms with Gasteiger partial charge in [0.25, 0.3) is 0 Å². The quantitative estimate of drug-likeness (QED) is 0.147. The van der Waals surface area contributed by atoms with Crippen LogP contribution in [0.2, 0.25) is 0 Å². The van der Waals surface area contributed by atoms with Gasteiger partial charge in [0.1, 0.15) is 17.6 Å². The van der Waals surface area contributed by atoms with Gasteiger partial charge >= 0.3 is 5.97 Å². The molecule has 0 spiro atoms. The molecule has 0 aromatic heterocycles. The lowest BCUT2D eigenvalue weighted by molar-refractivity contribution is -0.157. The van der Waals surface area contributed by atoms with Gasteiger partial charge in [0.2, 0.25) is 11.8 Å². The summed E-state index contributed by atoms with van der Waals surface area (Å²) in [6.07, 6.45) is 9.88. The molecule has 0 aliphatic carbocycles. The van der Waals surface area contributed by atoms with Crippen LogP contribution in [0, 0.1) is 0 Å². The number of benzene rings is 2. The molecule has 0 N–H and O–H groups in total. The lowest BCUT2D eigenvalue weighted by atomic mass is 9.92. The molecule has 4 rings (SSSR count). The van der Waals surface area contributed by atoms with E-state index in [2.05, 4.69) is 0 Å². The third-order valence-corrected chi connectivity index (χ3v) is 9.49. The molecule has 3 atom stereocenters. The molecule has 2 amide bonds. The van der Waals surface area contributed by atoms with Crippen molar-refractivity contribution in [3.05, 3.63) is 71.8 Å². The molecule has 0 bridgehead atoms. The zero-order chi connectivity index (χ0) is 32.7. The molecule has 0 saturated carbocycles. The normalized spacial score (nSPS) is 19.2. The molecular formula is C38H50N2O6. The van der Waals surface area contributed by atoms with Crippen molar-refractivity contribution in [2.24, 2.45) is 0 Å². The Morgan fingerprint density at radius 2 is 1.28 bits per heavy atom. The number of ketones is 2. The van der Waals surface area contributed by atoms with Gasteiger partial charge in [-0.2, -0.15) is 0 Å². The molecule has 46 heavy (non-hydrogen) atoms. The first-order chi connectivity index (χ1) is 22.4. The Morgan fingerprint density at radius 3 is 1.87 bits per heavy atom. The lowest BCUT2D eigenvalue weighted by Crippen LogP contribution is -2.53. The van der Waals surface area contributed by atoms with Crippen LogP contribution in [0.3, 0.4) is 0 Å². The van der Waals surface area contributed by atoms with Crippen molar-refractivity contribution >= 4 is 29.4 Å². The molecule has 2 heterocycles. The van der Waals surface area contributed by atoms with Gasteiger partial charge in [-0.1, -0.05) is 73.5 Å². The summed E-state index contributed by atoms with van der Waals surface area (Å²) in [7, 11) is 1.36. The highest BCUT2D eigenvalue weighted by molar-refractivity contribution is 5.86. The Balaban J connectivity index is 1.26. The second-order valence-electron chi connectivity index (χ2n) is 12.8. The SMILES string of the molecule is COC(=O)C(CCCCCN1C(=O)CCCC1CCC(=O)Cc1ccccc1)N1C(=O)CCCC1CCC(=O)Cc1ccccc1. The van der Waals surface area contributed by atoms with Crippen molar-refractivity contribution in [2.75, 3.05) is 13.7 Å². The number of rotatable bonds is 18. The zero-order valence-corrected chi connectivity index (χ0v) is 27.4. The predicted molar refractivity (Wildman–Crippen MR) is 177 cm³/mol. The van der Waals surface area contributed by atoms with Crippen LogP contribution in [-0.4, -0.2) is 70.9 Å². The fourth-order valence-electron chi connectivity index (χ4n) is 7.05. The Kier molecular flexibility index (Phi) is 14.0. The number of methoxy groups -OCH3 is 1. The molecule has 2 saturated heterocycles. The average Bonchev–Trinajstić information content (AvgIpc) is 3.06. The fourth-order valence-corrected chi connectivity index (χ4v) is 7.05. The summed E-state index contributed by atoms with van der Waals surface area (Å²) in [5.74, 6) is 0.0184. The molecule has 2 aromatic rings. The van der Waals surface area contributed by atoms with E-state index in [1.165, 1.54) is 7.11 Å².